The van der Waals surface area contributed by atoms with Gasteiger partial charge in [-0.2, -0.15) is 5.10 Å². The lowest BCUT2D eigenvalue weighted by Gasteiger charge is -2.42. The molecular formula is C21H27N5OS. The number of nitrogens with zero attached hydrogens (tertiary/aromatic N) is 4. The van der Waals surface area contributed by atoms with Crippen LogP contribution in [0.1, 0.15) is 50.5 Å². The van der Waals surface area contributed by atoms with E-state index in [9.17, 15) is 4.79 Å². The molecule has 3 aromatic heterocycles. The molecule has 2 N–H and O–H groups in total. The number of aromatic nitrogens is 3. The van der Waals surface area contributed by atoms with E-state index in [0.717, 1.165) is 28.0 Å². The molecule has 0 radical (unpaired) electrons. The van der Waals surface area contributed by atoms with Gasteiger partial charge in [-0.1, -0.05) is 19.9 Å². The molecule has 0 spiro atoms. The second-order valence-corrected chi connectivity index (χ2v) is 9.51. The molecule has 3 aromatic rings. The first kappa shape index (κ1) is 19.1. The van der Waals surface area contributed by atoms with Crippen molar-refractivity contribution in [3.05, 3.63) is 35.3 Å². The number of carbonyl (C=O) groups is 1. The summed E-state index contributed by atoms with van der Waals surface area (Å²) in [7, 11) is 0. The van der Waals surface area contributed by atoms with E-state index in [2.05, 4.69) is 32.8 Å². The lowest BCUT2D eigenvalue weighted by molar-refractivity contribution is 0.0535. The van der Waals surface area contributed by atoms with Crippen LogP contribution < -0.4 is 5.73 Å². The number of rotatable bonds is 3. The first-order valence-corrected chi connectivity index (χ1v) is 10.6. The molecular weight excluding hydrogens is 370 g/mol. The van der Waals surface area contributed by atoms with Crippen molar-refractivity contribution < 1.29 is 4.79 Å². The smallest absolute Gasteiger partial charge is 0.254 e. The Morgan fingerprint density at radius 1 is 1.39 bits per heavy atom. The van der Waals surface area contributed by atoms with Gasteiger partial charge >= 0.3 is 0 Å². The van der Waals surface area contributed by atoms with E-state index in [4.69, 9.17) is 10.7 Å². The molecule has 7 heteroatoms. The highest BCUT2D eigenvalue weighted by Crippen LogP contribution is 2.32. The third-order valence-corrected chi connectivity index (χ3v) is 6.55. The molecule has 148 valence electrons. The minimum absolute atomic E-state index is 0.0356. The van der Waals surface area contributed by atoms with E-state index in [-0.39, 0.29) is 23.4 Å². The molecule has 28 heavy (non-hydrogen) atoms. The van der Waals surface area contributed by atoms with Gasteiger partial charge in [0.1, 0.15) is 0 Å². The minimum Gasteiger partial charge on any atom is -0.338 e. The zero-order valence-corrected chi connectivity index (χ0v) is 17.7. The maximum absolute atomic E-state index is 13.5. The topological polar surface area (TPSA) is 77.0 Å². The molecule has 0 aromatic carbocycles. The SMILES string of the molecule is CC(C)n1ncc2c(C(=O)N3CCC(N)C(C)(C)C3)cc(-c3cccs3)nc21. The quantitative estimate of drug-likeness (QED) is 0.726. The van der Waals surface area contributed by atoms with Crippen molar-refractivity contribution in [1.29, 1.82) is 0 Å². The molecule has 4 rings (SSSR count). The third kappa shape index (κ3) is 3.22. The summed E-state index contributed by atoms with van der Waals surface area (Å²) in [5, 5.41) is 7.35. The van der Waals surface area contributed by atoms with Crippen LogP contribution in [0.25, 0.3) is 21.6 Å². The fourth-order valence-corrected chi connectivity index (χ4v) is 4.53. The van der Waals surface area contributed by atoms with Gasteiger partial charge in [-0.25, -0.2) is 9.67 Å². The number of carbonyl (C=O) groups excluding carboxylic acids is 1. The van der Waals surface area contributed by atoms with Crippen molar-refractivity contribution in [2.75, 3.05) is 13.1 Å². The van der Waals surface area contributed by atoms with E-state index >= 15 is 0 Å². The van der Waals surface area contributed by atoms with Crippen molar-refractivity contribution in [1.82, 2.24) is 19.7 Å². The van der Waals surface area contributed by atoms with Crippen LogP contribution in [-0.4, -0.2) is 44.7 Å². The zero-order valence-electron chi connectivity index (χ0n) is 16.8. The number of hydrogen-bond donors (Lipinski definition) is 1. The average Bonchev–Trinajstić information content (AvgIpc) is 3.31. The standard InChI is InChI=1S/C21H27N5OS/c1-13(2)26-19-15(11-23-26)14(10-16(24-19)17-6-5-9-28-17)20(27)25-8-7-18(22)21(3,4)12-25/h5-6,9-11,13,18H,7-8,12,22H2,1-4H3. The number of likely N-dealkylation sites (tertiary alicyclic amines) is 1. The Bertz CT molecular complexity index is 1010. The number of pyridine rings is 1. The van der Waals surface area contributed by atoms with E-state index in [0.29, 0.717) is 18.7 Å². The van der Waals surface area contributed by atoms with E-state index in [1.54, 1.807) is 17.5 Å². The number of fused-ring (bicyclic) bond motifs is 1. The van der Waals surface area contributed by atoms with Crippen LogP contribution in [0, 0.1) is 5.41 Å². The van der Waals surface area contributed by atoms with Gasteiger partial charge in [-0.3, -0.25) is 4.79 Å². The van der Waals surface area contributed by atoms with Crippen LogP contribution in [0.5, 0.6) is 0 Å². The van der Waals surface area contributed by atoms with E-state index in [1.807, 2.05) is 33.2 Å². The number of piperidine rings is 1. The molecule has 0 bridgehead atoms. The molecule has 1 fully saturated rings. The van der Waals surface area contributed by atoms with Crippen LogP contribution in [-0.2, 0) is 0 Å². The van der Waals surface area contributed by atoms with Crippen LogP contribution in [0.15, 0.2) is 29.8 Å². The highest BCUT2D eigenvalue weighted by atomic mass is 32.1. The van der Waals surface area contributed by atoms with Crippen molar-refractivity contribution in [3.63, 3.8) is 0 Å². The summed E-state index contributed by atoms with van der Waals surface area (Å²) in [4.78, 5) is 21.4. The van der Waals surface area contributed by atoms with E-state index in [1.165, 1.54) is 0 Å². The summed E-state index contributed by atoms with van der Waals surface area (Å²) in [6.07, 6.45) is 2.59. The molecule has 6 nitrogen and oxygen atoms in total. The van der Waals surface area contributed by atoms with E-state index < -0.39 is 0 Å². The maximum atomic E-state index is 13.5. The van der Waals surface area contributed by atoms with Crippen molar-refractivity contribution >= 4 is 28.3 Å². The van der Waals surface area contributed by atoms with Crippen molar-refractivity contribution in [2.45, 2.75) is 46.2 Å². The minimum atomic E-state index is -0.0985. The molecule has 1 saturated heterocycles. The van der Waals surface area contributed by atoms with Crippen LogP contribution in [0.4, 0.5) is 0 Å². The number of thiophene rings is 1. The molecule has 1 unspecified atom stereocenters. The van der Waals surface area contributed by atoms with Crippen LogP contribution in [0.3, 0.4) is 0 Å². The second kappa shape index (κ2) is 6.97. The normalized spacial score (nSPS) is 19.5. The van der Waals surface area contributed by atoms with Gasteiger partial charge in [0.25, 0.3) is 5.91 Å². The molecule has 1 amide bonds. The number of nitrogens with two attached hydrogens (primary N) is 1. The van der Waals surface area contributed by atoms with Gasteiger partial charge in [-0.05, 0) is 43.2 Å². The first-order valence-electron chi connectivity index (χ1n) is 9.75. The average molecular weight is 398 g/mol. The van der Waals surface area contributed by atoms with Crippen molar-refractivity contribution in [3.8, 4) is 10.6 Å². The Labute approximate surface area is 169 Å². The van der Waals surface area contributed by atoms with Gasteiger partial charge in [-0.15, -0.1) is 11.3 Å². The Balaban J connectivity index is 1.82. The van der Waals surface area contributed by atoms with Gasteiger partial charge < -0.3 is 10.6 Å². The largest absolute Gasteiger partial charge is 0.338 e. The van der Waals surface area contributed by atoms with Gasteiger partial charge in [0.2, 0.25) is 0 Å². The Morgan fingerprint density at radius 3 is 2.82 bits per heavy atom. The predicted octanol–water partition coefficient (Wildman–Crippen LogP) is 3.94. The molecule has 0 aliphatic carbocycles. The number of hydrogen-bond acceptors (Lipinski definition) is 5. The summed E-state index contributed by atoms with van der Waals surface area (Å²) in [6.45, 7) is 9.74. The zero-order chi connectivity index (χ0) is 20.1. The lowest BCUT2D eigenvalue weighted by Crippen LogP contribution is -2.54. The predicted molar refractivity (Wildman–Crippen MR) is 114 cm³/mol. The highest BCUT2D eigenvalue weighted by Gasteiger charge is 2.36. The van der Waals surface area contributed by atoms with Gasteiger partial charge in [0.15, 0.2) is 5.65 Å². The molecule has 1 atom stereocenters. The second-order valence-electron chi connectivity index (χ2n) is 8.56. The Kier molecular flexibility index (Phi) is 4.75. The van der Waals surface area contributed by atoms with Crippen molar-refractivity contribution in [2.24, 2.45) is 11.1 Å². The molecule has 0 saturated carbocycles. The number of amides is 1. The van der Waals surface area contributed by atoms with Crippen LogP contribution in [0.2, 0.25) is 0 Å². The molecule has 1 aliphatic heterocycles. The summed E-state index contributed by atoms with van der Waals surface area (Å²) in [6, 6.07) is 6.23. The summed E-state index contributed by atoms with van der Waals surface area (Å²) in [5.74, 6) is 0.0356. The Morgan fingerprint density at radius 2 is 2.18 bits per heavy atom. The maximum Gasteiger partial charge on any atom is 0.254 e. The summed E-state index contributed by atoms with van der Waals surface area (Å²) < 4.78 is 1.89. The Hall–Kier alpha value is -2.25. The highest BCUT2D eigenvalue weighted by molar-refractivity contribution is 7.13. The summed E-state index contributed by atoms with van der Waals surface area (Å²) in [5.41, 5.74) is 8.43. The van der Waals surface area contributed by atoms with Gasteiger partial charge in [0.05, 0.1) is 27.7 Å². The molecule has 4 heterocycles. The third-order valence-electron chi connectivity index (χ3n) is 5.66. The fourth-order valence-electron chi connectivity index (χ4n) is 3.84. The lowest BCUT2D eigenvalue weighted by atomic mass is 9.79. The summed E-state index contributed by atoms with van der Waals surface area (Å²) >= 11 is 1.62. The fraction of sp³-hybridized carbons (Fsp3) is 0.476. The molecule has 1 aliphatic rings. The monoisotopic (exact) mass is 397 g/mol. The van der Waals surface area contributed by atoms with Gasteiger partial charge in [0, 0.05) is 25.2 Å². The first-order chi connectivity index (χ1) is 13.3. The van der Waals surface area contributed by atoms with Crippen LogP contribution >= 0.6 is 11.3 Å².